The number of sulfonamides is 1. The van der Waals surface area contributed by atoms with E-state index in [2.05, 4.69) is 34.3 Å². The van der Waals surface area contributed by atoms with Gasteiger partial charge in [0.2, 0.25) is 15.9 Å². The van der Waals surface area contributed by atoms with E-state index in [1.54, 1.807) is 24.3 Å². The van der Waals surface area contributed by atoms with Crippen LogP contribution >= 0.6 is 0 Å². The van der Waals surface area contributed by atoms with Crippen LogP contribution in [0.2, 0.25) is 0 Å². The average molecular weight is 469 g/mol. The Morgan fingerprint density at radius 1 is 1.00 bits per heavy atom. The van der Waals surface area contributed by atoms with Crippen LogP contribution in [0.15, 0.2) is 60.7 Å². The predicted octanol–water partition coefficient (Wildman–Crippen LogP) is 2.34. The van der Waals surface area contributed by atoms with E-state index < -0.39 is 10.0 Å². The molecule has 2 aliphatic heterocycles. The lowest BCUT2D eigenvalue weighted by atomic mass is 10.1. The molecule has 0 aromatic heterocycles. The van der Waals surface area contributed by atoms with E-state index >= 15 is 0 Å². The molecule has 33 heavy (non-hydrogen) atoms. The minimum absolute atomic E-state index is 0.0884. The number of piperazine rings is 1. The highest BCUT2D eigenvalue weighted by molar-refractivity contribution is 7.93. The molecule has 1 N–H and O–H groups in total. The summed E-state index contributed by atoms with van der Waals surface area (Å²) in [6.07, 6.45) is 3.96. The zero-order chi connectivity index (χ0) is 23.3. The Morgan fingerprint density at radius 3 is 2.33 bits per heavy atom. The zero-order valence-corrected chi connectivity index (χ0v) is 19.9. The first kappa shape index (κ1) is 23.5. The van der Waals surface area contributed by atoms with Crippen molar-refractivity contribution in [3.63, 3.8) is 0 Å². The van der Waals surface area contributed by atoms with E-state index in [4.69, 9.17) is 0 Å². The fourth-order valence-corrected chi connectivity index (χ4v) is 5.85. The summed E-state index contributed by atoms with van der Waals surface area (Å²) in [5.41, 5.74) is 2.61. The fourth-order valence-electron chi connectivity index (χ4n) is 4.28. The Kier molecular flexibility index (Phi) is 7.47. The maximum atomic E-state index is 12.7. The third kappa shape index (κ3) is 6.22. The quantitative estimate of drug-likeness (QED) is 0.632. The van der Waals surface area contributed by atoms with Gasteiger partial charge in [0.15, 0.2) is 0 Å². The lowest BCUT2D eigenvalue weighted by molar-refractivity contribution is -0.117. The molecule has 2 aromatic carbocycles. The van der Waals surface area contributed by atoms with Crippen molar-refractivity contribution in [1.29, 1.82) is 0 Å². The second kappa shape index (κ2) is 10.5. The normalized spacial score (nSPS) is 20.2. The first-order valence-electron chi connectivity index (χ1n) is 11.5. The molecule has 8 heteroatoms. The van der Waals surface area contributed by atoms with Crippen LogP contribution in [0.1, 0.15) is 23.6 Å². The van der Waals surface area contributed by atoms with Crippen LogP contribution in [-0.2, 0) is 14.8 Å². The average Bonchev–Trinajstić information content (AvgIpc) is 3.18. The van der Waals surface area contributed by atoms with Crippen molar-refractivity contribution >= 4 is 27.7 Å². The van der Waals surface area contributed by atoms with Gasteiger partial charge >= 0.3 is 0 Å². The number of carbonyl (C=O) groups is 1. The Morgan fingerprint density at radius 2 is 1.70 bits per heavy atom. The van der Waals surface area contributed by atoms with Crippen molar-refractivity contribution in [1.82, 2.24) is 15.1 Å². The van der Waals surface area contributed by atoms with Crippen LogP contribution in [0, 0.1) is 0 Å². The summed E-state index contributed by atoms with van der Waals surface area (Å²) in [6.45, 7) is 5.34. The number of nitrogens with one attached hydrogen (secondary N) is 1. The molecule has 0 spiro atoms. The standard InChI is InChI=1S/C25H32N4O3S/c1-27-15-17-28(18-16-27)20-24(22-6-3-2-4-7-22)26-25(30)13-10-21-8-11-23(12-9-21)29-14-5-19-33(29,31)32/h2-4,6-13,24H,5,14-20H2,1H3,(H,26,30)/b13-10+. The van der Waals surface area contributed by atoms with Gasteiger partial charge in [0.25, 0.3) is 0 Å². The molecule has 0 saturated carbocycles. The fraction of sp³-hybridized carbons (Fsp3) is 0.400. The van der Waals surface area contributed by atoms with E-state index in [0.29, 0.717) is 18.7 Å². The number of carbonyl (C=O) groups excluding carboxylic acids is 1. The van der Waals surface area contributed by atoms with Crippen LogP contribution in [0.3, 0.4) is 0 Å². The van der Waals surface area contributed by atoms with E-state index in [1.807, 2.05) is 30.3 Å². The molecule has 7 nitrogen and oxygen atoms in total. The molecular weight excluding hydrogens is 436 g/mol. The van der Waals surface area contributed by atoms with Crippen molar-refractivity contribution in [2.75, 3.05) is 56.4 Å². The Labute approximate surface area is 196 Å². The van der Waals surface area contributed by atoms with Crippen molar-refractivity contribution in [2.45, 2.75) is 12.5 Å². The minimum atomic E-state index is -3.19. The van der Waals surface area contributed by atoms with E-state index in [1.165, 1.54) is 4.31 Å². The number of hydrogen-bond acceptors (Lipinski definition) is 5. The van der Waals surface area contributed by atoms with Crippen molar-refractivity contribution in [3.8, 4) is 0 Å². The first-order valence-corrected chi connectivity index (χ1v) is 13.1. The van der Waals surface area contributed by atoms with Crippen LogP contribution in [-0.4, -0.2) is 76.2 Å². The van der Waals surface area contributed by atoms with Crippen molar-refractivity contribution < 1.29 is 13.2 Å². The lowest BCUT2D eigenvalue weighted by Gasteiger charge is -2.34. The van der Waals surface area contributed by atoms with Crippen molar-refractivity contribution in [2.24, 2.45) is 0 Å². The van der Waals surface area contributed by atoms with Gasteiger partial charge in [0, 0.05) is 45.3 Å². The molecular formula is C25H32N4O3S. The molecule has 4 rings (SSSR count). The molecule has 2 aliphatic rings. The second-order valence-electron chi connectivity index (χ2n) is 8.74. The molecule has 2 heterocycles. The Hall–Kier alpha value is -2.68. The highest BCUT2D eigenvalue weighted by Crippen LogP contribution is 2.24. The van der Waals surface area contributed by atoms with Crippen LogP contribution in [0.25, 0.3) is 6.08 Å². The van der Waals surface area contributed by atoms with Crippen LogP contribution in [0.5, 0.6) is 0 Å². The van der Waals surface area contributed by atoms with Gasteiger partial charge in [-0.2, -0.15) is 0 Å². The summed E-state index contributed by atoms with van der Waals surface area (Å²) in [4.78, 5) is 17.5. The second-order valence-corrected chi connectivity index (χ2v) is 10.8. The van der Waals surface area contributed by atoms with Crippen LogP contribution < -0.4 is 9.62 Å². The van der Waals surface area contributed by atoms with Gasteiger partial charge in [0.05, 0.1) is 17.5 Å². The Balaban J connectivity index is 1.39. The Bertz CT molecular complexity index is 1060. The molecule has 1 atom stereocenters. The maximum Gasteiger partial charge on any atom is 0.244 e. The van der Waals surface area contributed by atoms with Gasteiger partial charge in [-0.05, 0) is 42.8 Å². The summed E-state index contributed by atoms with van der Waals surface area (Å²) >= 11 is 0. The smallest absolute Gasteiger partial charge is 0.244 e. The maximum absolute atomic E-state index is 12.7. The van der Waals surface area contributed by atoms with Gasteiger partial charge in [0.1, 0.15) is 0 Å². The molecule has 2 saturated heterocycles. The number of benzene rings is 2. The molecule has 0 radical (unpaired) electrons. The van der Waals surface area contributed by atoms with Crippen molar-refractivity contribution in [3.05, 3.63) is 71.8 Å². The predicted molar refractivity (Wildman–Crippen MR) is 132 cm³/mol. The molecule has 176 valence electrons. The molecule has 2 aromatic rings. The number of rotatable bonds is 7. The van der Waals surface area contributed by atoms with Gasteiger partial charge in [-0.15, -0.1) is 0 Å². The molecule has 1 unspecified atom stereocenters. The van der Waals surface area contributed by atoms with Gasteiger partial charge in [-0.1, -0.05) is 42.5 Å². The number of likely N-dealkylation sites (N-methyl/N-ethyl adjacent to an activating group) is 1. The van der Waals surface area contributed by atoms with E-state index in [9.17, 15) is 13.2 Å². The molecule has 0 bridgehead atoms. The third-order valence-corrected chi connectivity index (χ3v) is 8.13. The molecule has 0 aliphatic carbocycles. The summed E-state index contributed by atoms with van der Waals surface area (Å²) in [5.74, 6) is 0.0510. The third-order valence-electron chi connectivity index (χ3n) is 6.26. The number of hydrogen-bond donors (Lipinski definition) is 1. The number of nitrogens with zero attached hydrogens (tertiary/aromatic N) is 3. The van der Waals surface area contributed by atoms with Crippen LogP contribution in [0.4, 0.5) is 5.69 Å². The summed E-state index contributed by atoms with van der Waals surface area (Å²) in [6, 6.07) is 17.3. The number of anilines is 1. The van der Waals surface area contributed by atoms with Gasteiger partial charge in [-0.25, -0.2) is 8.42 Å². The molecule has 1 amide bonds. The van der Waals surface area contributed by atoms with E-state index in [0.717, 1.165) is 43.9 Å². The van der Waals surface area contributed by atoms with E-state index in [-0.39, 0.29) is 17.7 Å². The highest BCUT2D eigenvalue weighted by Gasteiger charge is 2.28. The summed E-state index contributed by atoms with van der Waals surface area (Å²) < 4.78 is 25.6. The summed E-state index contributed by atoms with van der Waals surface area (Å²) in [7, 11) is -1.06. The monoisotopic (exact) mass is 468 g/mol. The highest BCUT2D eigenvalue weighted by atomic mass is 32.2. The summed E-state index contributed by atoms with van der Waals surface area (Å²) in [5, 5.41) is 3.16. The zero-order valence-electron chi connectivity index (χ0n) is 19.1. The molecule has 2 fully saturated rings. The first-order chi connectivity index (χ1) is 15.9. The van der Waals surface area contributed by atoms with Gasteiger partial charge in [-0.3, -0.25) is 14.0 Å². The lowest BCUT2D eigenvalue weighted by Crippen LogP contribution is -2.47. The topological polar surface area (TPSA) is 73.0 Å². The minimum Gasteiger partial charge on any atom is -0.344 e. The SMILES string of the molecule is CN1CCN(CC(NC(=O)/C=C/c2ccc(N3CCCS3(=O)=O)cc2)c2ccccc2)CC1. The van der Waals surface area contributed by atoms with Gasteiger partial charge < -0.3 is 10.2 Å². The largest absolute Gasteiger partial charge is 0.344 e. The number of amides is 1.